The van der Waals surface area contributed by atoms with Crippen molar-refractivity contribution in [1.29, 1.82) is 0 Å². The van der Waals surface area contributed by atoms with Crippen LogP contribution in [-0.4, -0.2) is 22.4 Å². The highest BCUT2D eigenvalue weighted by molar-refractivity contribution is 6.04. The molecule has 0 fully saturated rings. The van der Waals surface area contributed by atoms with Crippen LogP contribution in [0.1, 0.15) is 34.1 Å². The molecule has 0 spiro atoms. The lowest BCUT2D eigenvalue weighted by Crippen LogP contribution is -2.31. The summed E-state index contributed by atoms with van der Waals surface area (Å²) in [6, 6.07) is 14.1. The van der Waals surface area contributed by atoms with Gasteiger partial charge in [-0.05, 0) is 62.6 Å². The number of anilines is 3. The van der Waals surface area contributed by atoms with Crippen molar-refractivity contribution in [2.24, 2.45) is 0 Å². The highest BCUT2D eigenvalue weighted by Gasteiger charge is 2.18. The fraction of sp³-hybridized carbons (Fsp3) is 0.227. The van der Waals surface area contributed by atoms with Crippen LogP contribution in [0.3, 0.4) is 0 Å². The van der Waals surface area contributed by atoms with Gasteiger partial charge in [0.25, 0.3) is 5.91 Å². The van der Waals surface area contributed by atoms with Crippen molar-refractivity contribution >= 4 is 23.1 Å². The number of aromatic nitrogens is 2. The van der Waals surface area contributed by atoms with Gasteiger partial charge in [-0.15, -0.1) is 0 Å². The van der Waals surface area contributed by atoms with E-state index >= 15 is 0 Å². The Morgan fingerprint density at radius 1 is 1.00 bits per heavy atom. The average molecular weight is 360 g/mol. The number of carbonyl (C=O) groups is 1. The van der Waals surface area contributed by atoms with Gasteiger partial charge in [-0.3, -0.25) is 4.79 Å². The van der Waals surface area contributed by atoms with Crippen molar-refractivity contribution in [3.8, 4) is 0 Å². The molecule has 0 atom stereocenters. The third kappa shape index (κ3) is 4.31. The van der Waals surface area contributed by atoms with Crippen molar-refractivity contribution in [2.75, 3.05) is 16.8 Å². The second kappa shape index (κ2) is 7.99. The Balaban J connectivity index is 1.79. The highest BCUT2D eigenvalue weighted by atomic mass is 16.2. The fourth-order valence-corrected chi connectivity index (χ4v) is 2.89. The van der Waals surface area contributed by atoms with Crippen LogP contribution in [0.25, 0.3) is 0 Å². The summed E-state index contributed by atoms with van der Waals surface area (Å²) in [5.74, 6) is 0.452. The van der Waals surface area contributed by atoms with Crippen LogP contribution in [0.2, 0.25) is 0 Å². The molecule has 1 aromatic heterocycles. The van der Waals surface area contributed by atoms with Gasteiger partial charge in [0.05, 0.1) is 12.4 Å². The number of rotatable bonds is 5. The zero-order valence-corrected chi connectivity index (χ0v) is 16.2. The Morgan fingerprint density at radius 2 is 1.78 bits per heavy atom. The molecule has 3 rings (SSSR count). The third-order valence-electron chi connectivity index (χ3n) is 4.40. The maximum Gasteiger partial charge on any atom is 0.278 e. The van der Waals surface area contributed by atoms with Crippen molar-refractivity contribution in [3.63, 3.8) is 0 Å². The molecule has 2 aromatic carbocycles. The Bertz CT molecular complexity index is 951. The largest absolute Gasteiger partial charge is 0.339 e. The summed E-state index contributed by atoms with van der Waals surface area (Å²) in [7, 11) is 0. The molecule has 1 heterocycles. The molecule has 0 saturated carbocycles. The number of amides is 1. The van der Waals surface area contributed by atoms with Gasteiger partial charge in [0.1, 0.15) is 11.5 Å². The molecule has 5 nitrogen and oxygen atoms in total. The van der Waals surface area contributed by atoms with E-state index in [1.54, 1.807) is 11.1 Å². The molecule has 0 unspecified atom stereocenters. The molecular formula is C22H24N4O. The minimum atomic E-state index is -0.158. The van der Waals surface area contributed by atoms with E-state index in [0.29, 0.717) is 18.1 Å². The van der Waals surface area contributed by atoms with E-state index in [1.807, 2.05) is 52.0 Å². The number of carbonyl (C=O) groups excluding carboxylic acids is 1. The molecule has 0 aliphatic heterocycles. The van der Waals surface area contributed by atoms with E-state index in [0.717, 1.165) is 22.5 Å². The molecule has 27 heavy (non-hydrogen) atoms. The molecule has 5 heteroatoms. The van der Waals surface area contributed by atoms with Crippen molar-refractivity contribution < 1.29 is 4.79 Å². The van der Waals surface area contributed by atoms with E-state index in [-0.39, 0.29) is 5.91 Å². The molecule has 1 amide bonds. The Kier molecular flexibility index (Phi) is 5.50. The summed E-state index contributed by atoms with van der Waals surface area (Å²) >= 11 is 0. The van der Waals surface area contributed by atoms with Gasteiger partial charge in [-0.2, -0.15) is 0 Å². The van der Waals surface area contributed by atoms with Crippen LogP contribution in [0.4, 0.5) is 17.2 Å². The first kappa shape index (κ1) is 18.6. The molecule has 0 aliphatic rings. The lowest BCUT2D eigenvalue weighted by atomic mass is 10.1. The van der Waals surface area contributed by atoms with Crippen LogP contribution in [0, 0.1) is 20.8 Å². The predicted molar refractivity (Wildman–Crippen MR) is 110 cm³/mol. The average Bonchev–Trinajstić information content (AvgIpc) is 2.66. The molecular weight excluding hydrogens is 336 g/mol. The maximum absolute atomic E-state index is 12.9. The molecule has 0 bridgehead atoms. The van der Waals surface area contributed by atoms with Crippen LogP contribution < -0.4 is 10.2 Å². The summed E-state index contributed by atoms with van der Waals surface area (Å²) in [6.45, 7) is 8.60. The van der Waals surface area contributed by atoms with E-state index in [9.17, 15) is 4.79 Å². The Hall–Kier alpha value is -3.21. The molecule has 0 radical (unpaired) electrons. The standard InChI is InChI=1S/C22H24N4O/c1-5-26(18-8-6-7-15(2)11-18)22(27)20-13-24-21(14-23-20)25-19-12-16(3)9-10-17(19)4/h6-14H,5H2,1-4H3,(H,24,25). The maximum atomic E-state index is 12.9. The monoisotopic (exact) mass is 360 g/mol. The second-order valence-corrected chi connectivity index (χ2v) is 6.62. The topological polar surface area (TPSA) is 58.1 Å². The zero-order chi connectivity index (χ0) is 19.4. The summed E-state index contributed by atoms with van der Waals surface area (Å²) in [6.07, 6.45) is 3.12. The SMILES string of the molecule is CCN(C(=O)c1cnc(Nc2cc(C)ccc2C)cn1)c1cccc(C)c1. The fourth-order valence-electron chi connectivity index (χ4n) is 2.89. The molecule has 0 aliphatic carbocycles. The van der Waals surface area contributed by atoms with Crippen molar-refractivity contribution in [1.82, 2.24) is 9.97 Å². The minimum Gasteiger partial charge on any atom is -0.339 e. The predicted octanol–water partition coefficient (Wildman–Crippen LogP) is 4.81. The first-order valence-electron chi connectivity index (χ1n) is 9.03. The summed E-state index contributed by atoms with van der Waals surface area (Å²) < 4.78 is 0. The summed E-state index contributed by atoms with van der Waals surface area (Å²) in [5.41, 5.74) is 5.57. The van der Waals surface area contributed by atoms with Gasteiger partial charge in [0.15, 0.2) is 0 Å². The number of nitrogens with zero attached hydrogens (tertiary/aromatic N) is 3. The number of nitrogens with one attached hydrogen (secondary N) is 1. The molecule has 0 saturated heterocycles. The van der Waals surface area contributed by atoms with E-state index in [1.165, 1.54) is 11.8 Å². The van der Waals surface area contributed by atoms with Gasteiger partial charge in [0, 0.05) is 17.9 Å². The third-order valence-corrected chi connectivity index (χ3v) is 4.40. The van der Waals surface area contributed by atoms with Crippen LogP contribution >= 0.6 is 0 Å². The Morgan fingerprint density at radius 3 is 2.44 bits per heavy atom. The smallest absolute Gasteiger partial charge is 0.278 e. The number of benzene rings is 2. The van der Waals surface area contributed by atoms with E-state index < -0.39 is 0 Å². The normalized spacial score (nSPS) is 10.5. The molecule has 138 valence electrons. The van der Waals surface area contributed by atoms with Crippen molar-refractivity contribution in [2.45, 2.75) is 27.7 Å². The molecule has 3 aromatic rings. The quantitative estimate of drug-likeness (QED) is 0.709. The first-order chi connectivity index (χ1) is 13.0. The van der Waals surface area contributed by atoms with E-state index in [2.05, 4.69) is 33.5 Å². The first-order valence-corrected chi connectivity index (χ1v) is 9.03. The van der Waals surface area contributed by atoms with Crippen LogP contribution in [-0.2, 0) is 0 Å². The van der Waals surface area contributed by atoms with Gasteiger partial charge in [-0.25, -0.2) is 9.97 Å². The van der Waals surface area contributed by atoms with Gasteiger partial charge in [0.2, 0.25) is 0 Å². The zero-order valence-electron chi connectivity index (χ0n) is 16.2. The van der Waals surface area contributed by atoms with Crippen LogP contribution in [0.5, 0.6) is 0 Å². The van der Waals surface area contributed by atoms with Gasteiger partial charge < -0.3 is 10.2 Å². The summed E-state index contributed by atoms with van der Waals surface area (Å²) in [4.78, 5) is 23.3. The Labute approximate surface area is 160 Å². The molecule has 1 N–H and O–H groups in total. The van der Waals surface area contributed by atoms with Gasteiger partial charge >= 0.3 is 0 Å². The number of hydrogen-bond donors (Lipinski definition) is 1. The number of aryl methyl sites for hydroxylation is 3. The number of hydrogen-bond acceptors (Lipinski definition) is 4. The minimum absolute atomic E-state index is 0.158. The lowest BCUT2D eigenvalue weighted by Gasteiger charge is -2.21. The highest BCUT2D eigenvalue weighted by Crippen LogP contribution is 2.21. The lowest BCUT2D eigenvalue weighted by molar-refractivity contribution is 0.0983. The van der Waals surface area contributed by atoms with Crippen LogP contribution in [0.15, 0.2) is 54.9 Å². The second-order valence-electron chi connectivity index (χ2n) is 6.62. The van der Waals surface area contributed by atoms with Gasteiger partial charge in [-0.1, -0.05) is 24.3 Å². The van der Waals surface area contributed by atoms with Crippen molar-refractivity contribution in [3.05, 3.63) is 77.2 Å². The van der Waals surface area contributed by atoms with E-state index in [4.69, 9.17) is 0 Å². The summed E-state index contributed by atoms with van der Waals surface area (Å²) in [5, 5.41) is 3.26.